The number of carbonyl (C=O) groups excluding carboxylic acids is 1. The Balaban J connectivity index is 0.00000128. The molecule has 16 heavy (non-hydrogen) atoms. The molecule has 1 aliphatic carbocycles. The molecule has 1 fully saturated rings. The third-order valence-electron chi connectivity index (χ3n) is 2.86. The highest BCUT2D eigenvalue weighted by Gasteiger charge is 2.28. The van der Waals surface area contributed by atoms with Gasteiger partial charge in [-0.1, -0.05) is 0 Å². The van der Waals surface area contributed by atoms with E-state index in [9.17, 15) is 4.79 Å². The monoisotopic (exact) mass is 240 g/mol. The number of nitrogens with one attached hydrogen (secondary N) is 1. The maximum Gasteiger partial charge on any atom is 0.251 e. The molecule has 1 atom stereocenters. The van der Waals surface area contributed by atoms with Gasteiger partial charge < -0.3 is 11.1 Å². The van der Waals surface area contributed by atoms with E-state index in [-0.39, 0.29) is 24.4 Å². The van der Waals surface area contributed by atoms with E-state index in [2.05, 4.69) is 12.2 Å². The number of nitrogens with two attached hydrogens (primary N) is 1. The van der Waals surface area contributed by atoms with E-state index in [1.165, 1.54) is 12.8 Å². The second-order valence-electron chi connectivity index (χ2n) is 4.22. The maximum absolute atomic E-state index is 11.7. The molecule has 4 heteroatoms. The van der Waals surface area contributed by atoms with E-state index in [4.69, 9.17) is 5.73 Å². The molecule has 0 saturated heterocycles. The highest BCUT2D eigenvalue weighted by molar-refractivity contribution is 5.94. The van der Waals surface area contributed by atoms with Crippen LogP contribution in [0, 0.1) is 5.92 Å². The number of benzene rings is 1. The Morgan fingerprint density at radius 1 is 1.38 bits per heavy atom. The number of hydrogen-bond donors (Lipinski definition) is 2. The molecule has 88 valence electrons. The molecule has 3 nitrogen and oxygen atoms in total. The number of hydrogen-bond acceptors (Lipinski definition) is 2. The lowest BCUT2D eigenvalue weighted by Crippen LogP contribution is -2.33. The van der Waals surface area contributed by atoms with Gasteiger partial charge in [-0.15, -0.1) is 12.4 Å². The Morgan fingerprint density at radius 2 is 1.94 bits per heavy atom. The predicted octanol–water partition coefficient (Wildman–Crippen LogP) is 2.22. The van der Waals surface area contributed by atoms with Gasteiger partial charge in [-0.05, 0) is 49.9 Å². The summed E-state index contributed by atoms with van der Waals surface area (Å²) in [5.41, 5.74) is 6.91. The largest absolute Gasteiger partial charge is 0.399 e. The Bertz CT molecular complexity index is 360. The Morgan fingerprint density at radius 3 is 2.44 bits per heavy atom. The van der Waals surface area contributed by atoms with Crippen LogP contribution in [0.2, 0.25) is 0 Å². The van der Waals surface area contributed by atoms with Crippen LogP contribution in [0.5, 0.6) is 0 Å². The first-order valence-electron chi connectivity index (χ1n) is 5.33. The summed E-state index contributed by atoms with van der Waals surface area (Å²) in [6, 6.07) is 7.29. The molecule has 1 amide bonds. The SMILES string of the molecule is CC(NC(=O)c1ccc(N)cc1)C1CC1.Cl. The van der Waals surface area contributed by atoms with Crippen molar-refractivity contribution >= 4 is 24.0 Å². The first-order valence-corrected chi connectivity index (χ1v) is 5.33. The van der Waals surface area contributed by atoms with Crippen LogP contribution >= 0.6 is 12.4 Å². The molecular formula is C12H17ClN2O. The van der Waals surface area contributed by atoms with Crippen LogP contribution in [-0.2, 0) is 0 Å². The zero-order valence-electron chi connectivity index (χ0n) is 9.27. The van der Waals surface area contributed by atoms with Crippen LogP contribution in [0.4, 0.5) is 5.69 Å². The van der Waals surface area contributed by atoms with Crippen LogP contribution in [-0.4, -0.2) is 11.9 Å². The molecule has 0 heterocycles. The fourth-order valence-corrected chi connectivity index (χ4v) is 1.64. The summed E-state index contributed by atoms with van der Waals surface area (Å²) < 4.78 is 0. The minimum Gasteiger partial charge on any atom is -0.399 e. The molecule has 0 bridgehead atoms. The van der Waals surface area contributed by atoms with Gasteiger partial charge in [-0.25, -0.2) is 0 Å². The molecular weight excluding hydrogens is 224 g/mol. The first-order chi connectivity index (χ1) is 7.16. The molecule has 0 spiro atoms. The van der Waals surface area contributed by atoms with Crippen LogP contribution < -0.4 is 11.1 Å². The predicted molar refractivity (Wildman–Crippen MR) is 67.8 cm³/mol. The fraction of sp³-hybridized carbons (Fsp3) is 0.417. The lowest BCUT2D eigenvalue weighted by molar-refractivity contribution is 0.0936. The van der Waals surface area contributed by atoms with Gasteiger partial charge in [0, 0.05) is 17.3 Å². The third kappa shape index (κ3) is 3.14. The van der Waals surface area contributed by atoms with Crippen molar-refractivity contribution in [3.8, 4) is 0 Å². The fourth-order valence-electron chi connectivity index (χ4n) is 1.64. The summed E-state index contributed by atoms with van der Waals surface area (Å²) in [6.45, 7) is 2.06. The number of anilines is 1. The maximum atomic E-state index is 11.7. The van der Waals surface area contributed by atoms with Crippen molar-refractivity contribution in [2.75, 3.05) is 5.73 Å². The number of halogens is 1. The third-order valence-corrected chi connectivity index (χ3v) is 2.86. The second-order valence-corrected chi connectivity index (χ2v) is 4.22. The van der Waals surface area contributed by atoms with Crippen LogP contribution in [0.15, 0.2) is 24.3 Å². The highest BCUT2D eigenvalue weighted by Crippen LogP contribution is 2.32. The number of nitrogen functional groups attached to an aromatic ring is 1. The number of amides is 1. The van der Waals surface area contributed by atoms with Crippen molar-refractivity contribution in [1.29, 1.82) is 0 Å². The Kier molecular flexibility index (Phi) is 4.19. The quantitative estimate of drug-likeness (QED) is 0.796. The van der Waals surface area contributed by atoms with Gasteiger partial charge in [-0.3, -0.25) is 4.79 Å². The minimum absolute atomic E-state index is 0. The topological polar surface area (TPSA) is 55.1 Å². The molecule has 3 N–H and O–H groups in total. The van der Waals surface area contributed by atoms with Crippen LogP contribution in [0.25, 0.3) is 0 Å². The second kappa shape index (κ2) is 5.21. The van der Waals surface area contributed by atoms with Gasteiger partial charge >= 0.3 is 0 Å². The minimum atomic E-state index is -0.00519. The van der Waals surface area contributed by atoms with Crippen molar-refractivity contribution < 1.29 is 4.79 Å². The van der Waals surface area contributed by atoms with Crippen molar-refractivity contribution in [2.45, 2.75) is 25.8 Å². The number of carbonyl (C=O) groups is 1. The number of rotatable bonds is 3. The van der Waals surface area contributed by atoms with Gasteiger partial charge in [0.05, 0.1) is 0 Å². The molecule has 1 unspecified atom stereocenters. The van der Waals surface area contributed by atoms with E-state index >= 15 is 0 Å². The molecule has 0 aromatic heterocycles. The average molecular weight is 241 g/mol. The normalized spacial score (nSPS) is 16.1. The Hall–Kier alpha value is -1.22. The van der Waals surface area contributed by atoms with Crippen molar-refractivity contribution in [3.63, 3.8) is 0 Å². The lowest BCUT2D eigenvalue weighted by Gasteiger charge is -2.12. The summed E-state index contributed by atoms with van der Waals surface area (Å²) in [5.74, 6) is 0.678. The van der Waals surface area contributed by atoms with E-state index in [0.29, 0.717) is 17.2 Å². The standard InChI is InChI=1S/C12H16N2O.ClH/c1-8(9-2-3-9)14-12(15)10-4-6-11(13)7-5-10;/h4-9H,2-3,13H2,1H3,(H,14,15);1H. The van der Waals surface area contributed by atoms with Gasteiger partial charge in [0.2, 0.25) is 0 Å². The van der Waals surface area contributed by atoms with Crippen molar-refractivity contribution in [2.24, 2.45) is 5.92 Å². The molecule has 1 aliphatic rings. The summed E-state index contributed by atoms with van der Waals surface area (Å²) in [5, 5.41) is 3.00. The van der Waals surface area contributed by atoms with Gasteiger partial charge in [-0.2, -0.15) is 0 Å². The van der Waals surface area contributed by atoms with Crippen molar-refractivity contribution in [3.05, 3.63) is 29.8 Å². The Labute approximate surface area is 102 Å². The van der Waals surface area contributed by atoms with Gasteiger partial charge in [0.25, 0.3) is 5.91 Å². The molecule has 1 aromatic rings. The summed E-state index contributed by atoms with van der Waals surface area (Å²) in [6.07, 6.45) is 2.48. The summed E-state index contributed by atoms with van der Waals surface area (Å²) in [4.78, 5) is 11.7. The smallest absolute Gasteiger partial charge is 0.251 e. The van der Waals surface area contributed by atoms with E-state index < -0.39 is 0 Å². The zero-order chi connectivity index (χ0) is 10.8. The van der Waals surface area contributed by atoms with Crippen molar-refractivity contribution in [1.82, 2.24) is 5.32 Å². The molecule has 0 radical (unpaired) electrons. The molecule has 1 saturated carbocycles. The summed E-state index contributed by atoms with van der Waals surface area (Å²) >= 11 is 0. The molecule has 0 aliphatic heterocycles. The lowest BCUT2D eigenvalue weighted by atomic mass is 10.1. The van der Waals surface area contributed by atoms with E-state index in [1.54, 1.807) is 24.3 Å². The zero-order valence-corrected chi connectivity index (χ0v) is 10.1. The highest BCUT2D eigenvalue weighted by atomic mass is 35.5. The molecule has 2 rings (SSSR count). The van der Waals surface area contributed by atoms with Crippen LogP contribution in [0.1, 0.15) is 30.1 Å². The van der Waals surface area contributed by atoms with Gasteiger partial charge in [0.15, 0.2) is 0 Å². The average Bonchev–Trinajstić information content (AvgIpc) is 3.01. The van der Waals surface area contributed by atoms with Gasteiger partial charge in [0.1, 0.15) is 0 Å². The van der Waals surface area contributed by atoms with E-state index in [1.807, 2.05) is 0 Å². The molecule has 1 aromatic carbocycles. The first kappa shape index (κ1) is 12.8. The summed E-state index contributed by atoms with van der Waals surface area (Å²) in [7, 11) is 0. The van der Waals surface area contributed by atoms with Crippen LogP contribution in [0.3, 0.4) is 0 Å². The van der Waals surface area contributed by atoms with E-state index in [0.717, 1.165) is 0 Å².